The van der Waals surface area contributed by atoms with Crippen LogP contribution in [0.3, 0.4) is 0 Å². The summed E-state index contributed by atoms with van der Waals surface area (Å²) in [6.45, 7) is 0.0822. The van der Waals surface area contributed by atoms with Gasteiger partial charge in [0.1, 0.15) is 5.82 Å². The third kappa shape index (κ3) is 2.89. The van der Waals surface area contributed by atoms with Gasteiger partial charge in [0.2, 0.25) is 10.0 Å². The lowest BCUT2D eigenvalue weighted by Gasteiger charge is -2.05. The molecule has 2 rings (SSSR count). The first-order chi connectivity index (χ1) is 8.08. The van der Waals surface area contributed by atoms with Crippen molar-refractivity contribution in [2.45, 2.75) is 11.4 Å². The van der Waals surface area contributed by atoms with Gasteiger partial charge in [0.15, 0.2) is 0 Å². The maximum Gasteiger partial charge on any atom is 0.241 e. The number of sulfonamides is 1. The van der Waals surface area contributed by atoms with Gasteiger partial charge >= 0.3 is 0 Å². The molecule has 0 amide bonds. The molecule has 0 saturated carbocycles. The first-order valence-electron chi connectivity index (χ1n) is 4.80. The van der Waals surface area contributed by atoms with Gasteiger partial charge in [-0.25, -0.2) is 22.5 Å². The third-order valence-corrected chi connectivity index (χ3v) is 3.51. The second kappa shape index (κ2) is 4.64. The third-order valence-electron chi connectivity index (χ3n) is 2.11. The van der Waals surface area contributed by atoms with Gasteiger partial charge < -0.3 is 4.98 Å². The lowest BCUT2D eigenvalue weighted by molar-refractivity contribution is 0.576. The van der Waals surface area contributed by atoms with Crippen molar-refractivity contribution < 1.29 is 12.8 Å². The van der Waals surface area contributed by atoms with Gasteiger partial charge in [0.25, 0.3) is 0 Å². The van der Waals surface area contributed by atoms with E-state index in [4.69, 9.17) is 0 Å². The monoisotopic (exact) mass is 255 g/mol. The summed E-state index contributed by atoms with van der Waals surface area (Å²) >= 11 is 0. The fourth-order valence-corrected chi connectivity index (χ4v) is 2.31. The molecular weight excluding hydrogens is 245 g/mol. The molecule has 0 saturated heterocycles. The van der Waals surface area contributed by atoms with Crippen molar-refractivity contribution in [3.63, 3.8) is 0 Å². The lowest BCUT2D eigenvalue weighted by Crippen LogP contribution is -2.23. The molecule has 5 nitrogen and oxygen atoms in total. The van der Waals surface area contributed by atoms with Gasteiger partial charge in [-0.05, 0) is 18.2 Å². The van der Waals surface area contributed by atoms with E-state index in [9.17, 15) is 12.8 Å². The summed E-state index contributed by atoms with van der Waals surface area (Å²) in [6.07, 6.45) is 2.96. The minimum absolute atomic E-state index is 0.0822. The van der Waals surface area contributed by atoms with Crippen molar-refractivity contribution in [2.75, 3.05) is 0 Å². The summed E-state index contributed by atoms with van der Waals surface area (Å²) in [7, 11) is -3.70. The van der Waals surface area contributed by atoms with Gasteiger partial charge in [-0.3, -0.25) is 0 Å². The SMILES string of the molecule is O=S(=O)(NCc1cnc[nH]1)c1cccc(F)c1. The van der Waals surface area contributed by atoms with Gasteiger partial charge in [0.05, 0.1) is 17.8 Å². The number of halogens is 1. The number of benzene rings is 1. The quantitative estimate of drug-likeness (QED) is 0.856. The molecule has 0 bridgehead atoms. The first-order valence-corrected chi connectivity index (χ1v) is 6.29. The number of nitrogens with one attached hydrogen (secondary N) is 2. The van der Waals surface area contributed by atoms with E-state index >= 15 is 0 Å². The van der Waals surface area contributed by atoms with Crippen molar-refractivity contribution >= 4 is 10.0 Å². The van der Waals surface area contributed by atoms with E-state index in [1.54, 1.807) is 0 Å². The Morgan fingerprint density at radius 1 is 1.41 bits per heavy atom. The number of nitrogens with zero attached hydrogens (tertiary/aromatic N) is 1. The molecule has 0 aliphatic carbocycles. The van der Waals surface area contributed by atoms with E-state index in [1.807, 2.05) is 0 Å². The molecule has 0 aliphatic heterocycles. The molecule has 1 heterocycles. The predicted octanol–water partition coefficient (Wildman–Crippen LogP) is 1.03. The van der Waals surface area contributed by atoms with Crippen molar-refractivity contribution in [3.05, 3.63) is 48.3 Å². The Bertz CT molecular complexity index is 596. The van der Waals surface area contributed by atoms with E-state index in [2.05, 4.69) is 14.7 Å². The highest BCUT2D eigenvalue weighted by Gasteiger charge is 2.14. The van der Waals surface area contributed by atoms with E-state index in [1.165, 1.54) is 30.7 Å². The molecule has 0 unspecified atom stereocenters. The van der Waals surface area contributed by atoms with Gasteiger partial charge in [-0.15, -0.1) is 0 Å². The Balaban J connectivity index is 2.14. The van der Waals surface area contributed by atoms with Crippen LogP contribution in [0.15, 0.2) is 41.7 Å². The molecule has 2 N–H and O–H groups in total. The smallest absolute Gasteiger partial charge is 0.241 e. The summed E-state index contributed by atoms with van der Waals surface area (Å²) in [5, 5.41) is 0. The van der Waals surface area contributed by atoms with Gasteiger partial charge in [-0.1, -0.05) is 6.07 Å². The van der Waals surface area contributed by atoms with Crippen LogP contribution in [0.4, 0.5) is 4.39 Å². The Hall–Kier alpha value is -1.73. The summed E-state index contributed by atoms with van der Waals surface area (Å²) in [4.78, 5) is 6.42. The van der Waals surface area contributed by atoms with Crippen LogP contribution < -0.4 is 4.72 Å². The Morgan fingerprint density at radius 3 is 2.88 bits per heavy atom. The van der Waals surface area contributed by atoms with Gasteiger partial charge in [-0.2, -0.15) is 0 Å². The fraction of sp³-hybridized carbons (Fsp3) is 0.100. The van der Waals surface area contributed by atoms with Crippen LogP contribution in [-0.2, 0) is 16.6 Å². The molecule has 17 heavy (non-hydrogen) atoms. The van der Waals surface area contributed by atoms with Crippen LogP contribution in [-0.4, -0.2) is 18.4 Å². The van der Waals surface area contributed by atoms with Crippen LogP contribution >= 0.6 is 0 Å². The number of hydrogen-bond donors (Lipinski definition) is 2. The molecule has 2 aromatic rings. The van der Waals surface area contributed by atoms with E-state index in [0.29, 0.717) is 5.69 Å². The summed E-state index contributed by atoms with van der Waals surface area (Å²) in [5.74, 6) is -0.589. The summed E-state index contributed by atoms with van der Waals surface area (Å²) < 4.78 is 38.8. The predicted molar refractivity (Wildman–Crippen MR) is 59.0 cm³/mol. The van der Waals surface area contributed by atoms with Crippen molar-refractivity contribution in [1.82, 2.24) is 14.7 Å². The number of aromatic amines is 1. The molecule has 0 radical (unpaired) electrons. The summed E-state index contributed by atoms with van der Waals surface area (Å²) in [6, 6.07) is 4.83. The number of H-pyrrole nitrogens is 1. The fourth-order valence-electron chi connectivity index (χ4n) is 1.27. The molecular formula is C10H10FN3O2S. The molecule has 1 aromatic carbocycles. The van der Waals surface area contributed by atoms with Gasteiger partial charge in [0, 0.05) is 11.9 Å². The zero-order valence-corrected chi connectivity index (χ0v) is 9.54. The van der Waals surface area contributed by atoms with Crippen LogP contribution in [0.25, 0.3) is 0 Å². The maximum atomic E-state index is 12.9. The highest BCUT2D eigenvalue weighted by Crippen LogP contribution is 2.10. The number of aromatic nitrogens is 2. The zero-order valence-electron chi connectivity index (χ0n) is 8.72. The van der Waals surface area contributed by atoms with Crippen molar-refractivity contribution in [2.24, 2.45) is 0 Å². The molecule has 90 valence electrons. The normalized spacial score (nSPS) is 11.6. The molecule has 0 aliphatic rings. The minimum atomic E-state index is -3.70. The summed E-state index contributed by atoms with van der Waals surface area (Å²) in [5.41, 5.74) is 0.630. The lowest BCUT2D eigenvalue weighted by atomic mass is 10.4. The Morgan fingerprint density at radius 2 is 2.24 bits per heavy atom. The molecule has 1 aromatic heterocycles. The van der Waals surface area contributed by atoms with Crippen LogP contribution in [0.1, 0.15) is 5.69 Å². The molecule has 0 spiro atoms. The van der Waals surface area contributed by atoms with Crippen LogP contribution in [0, 0.1) is 5.82 Å². The molecule has 0 atom stereocenters. The van der Waals surface area contributed by atoms with E-state index in [-0.39, 0.29) is 11.4 Å². The highest BCUT2D eigenvalue weighted by molar-refractivity contribution is 7.89. The standard InChI is InChI=1S/C10H10FN3O2S/c11-8-2-1-3-10(4-8)17(15,16)14-6-9-5-12-7-13-9/h1-5,7,14H,6H2,(H,12,13). The Kier molecular flexibility index (Phi) is 3.21. The molecule has 0 fully saturated rings. The van der Waals surface area contributed by atoms with Crippen molar-refractivity contribution in [3.8, 4) is 0 Å². The van der Waals surface area contributed by atoms with E-state index < -0.39 is 15.8 Å². The zero-order chi connectivity index (χ0) is 12.3. The van der Waals surface area contributed by atoms with Crippen LogP contribution in [0.2, 0.25) is 0 Å². The Labute approximate surface area is 97.8 Å². The topological polar surface area (TPSA) is 74.8 Å². The van der Waals surface area contributed by atoms with Crippen molar-refractivity contribution in [1.29, 1.82) is 0 Å². The largest absolute Gasteiger partial charge is 0.347 e. The number of imidazole rings is 1. The second-order valence-electron chi connectivity index (χ2n) is 3.36. The van der Waals surface area contributed by atoms with Crippen LogP contribution in [0.5, 0.6) is 0 Å². The number of hydrogen-bond acceptors (Lipinski definition) is 3. The molecule has 7 heteroatoms. The average Bonchev–Trinajstić information content (AvgIpc) is 2.79. The number of rotatable bonds is 4. The average molecular weight is 255 g/mol. The second-order valence-corrected chi connectivity index (χ2v) is 5.13. The minimum Gasteiger partial charge on any atom is -0.347 e. The highest BCUT2D eigenvalue weighted by atomic mass is 32.2. The maximum absolute atomic E-state index is 12.9. The van der Waals surface area contributed by atoms with E-state index in [0.717, 1.165) is 6.07 Å². The first kappa shape index (κ1) is 11.7.